The van der Waals surface area contributed by atoms with E-state index in [0.29, 0.717) is 0 Å². The highest BCUT2D eigenvalue weighted by atomic mass is 19.1. The van der Waals surface area contributed by atoms with Crippen LogP contribution in [0.4, 0.5) is 4.39 Å². The molecule has 100 valence electrons. The molecular formula is C15H18FN3. The fourth-order valence-electron chi connectivity index (χ4n) is 1.99. The highest BCUT2D eigenvalue weighted by Gasteiger charge is 2.10. The summed E-state index contributed by atoms with van der Waals surface area (Å²) in [6.45, 7) is 4.88. The Kier molecular flexibility index (Phi) is 4.58. The van der Waals surface area contributed by atoms with Crippen LogP contribution in [0.25, 0.3) is 0 Å². The van der Waals surface area contributed by atoms with Crippen molar-refractivity contribution in [3.63, 3.8) is 0 Å². The normalized spacial score (nSPS) is 12.4. The largest absolute Gasteiger partial charge is 0.305 e. The van der Waals surface area contributed by atoms with E-state index < -0.39 is 0 Å². The lowest BCUT2D eigenvalue weighted by Crippen LogP contribution is -2.21. The van der Waals surface area contributed by atoms with Gasteiger partial charge in [-0.2, -0.15) is 0 Å². The number of rotatable bonds is 5. The maximum absolute atomic E-state index is 12.9. The van der Waals surface area contributed by atoms with E-state index >= 15 is 0 Å². The highest BCUT2D eigenvalue weighted by molar-refractivity contribution is 5.21. The van der Waals surface area contributed by atoms with Gasteiger partial charge >= 0.3 is 0 Å². The summed E-state index contributed by atoms with van der Waals surface area (Å²) in [5.41, 5.74) is 3.25. The summed E-state index contributed by atoms with van der Waals surface area (Å²) in [6.07, 6.45) is 5.81. The number of hydrogen-bond donors (Lipinski definition) is 1. The van der Waals surface area contributed by atoms with E-state index in [1.165, 1.54) is 17.8 Å². The maximum Gasteiger partial charge on any atom is 0.141 e. The Hall–Kier alpha value is -1.81. The van der Waals surface area contributed by atoms with Gasteiger partial charge in [-0.3, -0.25) is 9.97 Å². The predicted molar refractivity (Wildman–Crippen MR) is 73.0 cm³/mol. The zero-order valence-electron chi connectivity index (χ0n) is 11.2. The van der Waals surface area contributed by atoms with Crippen molar-refractivity contribution in [2.75, 3.05) is 0 Å². The molecule has 1 N–H and O–H groups in total. The van der Waals surface area contributed by atoms with Crippen molar-refractivity contribution in [2.24, 2.45) is 0 Å². The number of aromatic nitrogens is 2. The third-order valence-corrected chi connectivity index (χ3v) is 3.19. The number of pyridine rings is 2. The van der Waals surface area contributed by atoms with Crippen LogP contribution in [0, 0.1) is 12.7 Å². The van der Waals surface area contributed by atoms with Crippen LogP contribution < -0.4 is 5.32 Å². The topological polar surface area (TPSA) is 37.8 Å². The molecule has 3 nitrogen and oxygen atoms in total. The summed E-state index contributed by atoms with van der Waals surface area (Å²) in [4.78, 5) is 8.21. The van der Waals surface area contributed by atoms with Crippen molar-refractivity contribution in [1.82, 2.24) is 15.3 Å². The van der Waals surface area contributed by atoms with Gasteiger partial charge in [0.15, 0.2) is 0 Å². The molecule has 2 rings (SSSR count). The molecule has 2 aromatic heterocycles. The van der Waals surface area contributed by atoms with Gasteiger partial charge < -0.3 is 5.32 Å². The number of halogens is 1. The lowest BCUT2D eigenvalue weighted by molar-refractivity contribution is 0.503. The van der Waals surface area contributed by atoms with E-state index in [-0.39, 0.29) is 11.9 Å². The first-order chi connectivity index (χ1) is 9.20. The van der Waals surface area contributed by atoms with E-state index in [1.54, 1.807) is 12.3 Å². The molecule has 0 saturated carbocycles. The fraction of sp³-hybridized carbons (Fsp3) is 0.333. The SMILES string of the molecule is CCC(NCc1ccncc1C)c1ccc(F)cn1. The Morgan fingerprint density at radius 3 is 2.74 bits per heavy atom. The summed E-state index contributed by atoms with van der Waals surface area (Å²) in [5, 5.41) is 3.45. The molecule has 0 spiro atoms. The summed E-state index contributed by atoms with van der Waals surface area (Å²) in [6, 6.07) is 5.32. The summed E-state index contributed by atoms with van der Waals surface area (Å²) >= 11 is 0. The molecule has 1 atom stereocenters. The summed E-state index contributed by atoms with van der Waals surface area (Å²) in [7, 11) is 0. The molecule has 0 aliphatic rings. The van der Waals surface area contributed by atoms with E-state index in [1.807, 2.05) is 19.2 Å². The van der Waals surface area contributed by atoms with Crippen LogP contribution in [0.15, 0.2) is 36.8 Å². The van der Waals surface area contributed by atoms with Crippen LogP contribution in [0.3, 0.4) is 0 Å². The van der Waals surface area contributed by atoms with E-state index in [9.17, 15) is 4.39 Å². The predicted octanol–water partition coefficient (Wildman–Crippen LogP) is 3.17. The number of aryl methyl sites for hydroxylation is 1. The van der Waals surface area contributed by atoms with Gasteiger partial charge in [0.1, 0.15) is 5.82 Å². The molecule has 1 unspecified atom stereocenters. The molecule has 0 saturated heterocycles. The molecular weight excluding hydrogens is 241 g/mol. The minimum Gasteiger partial charge on any atom is -0.305 e. The van der Waals surface area contributed by atoms with Crippen LogP contribution in [-0.2, 0) is 6.54 Å². The number of nitrogens with zero attached hydrogens (tertiary/aromatic N) is 2. The first kappa shape index (κ1) is 13.6. The second-order valence-corrected chi connectivity index (χ2v) is 4.55. The van der Waals surface area contributed by atoms with Crippen molar-refractivity contribution < 1.29 is 4.39 Å². The Morgan fingerprint density at radius 2 is 2.11 bits per heavy atom. The third-order valence-electron chi connectivity index (χ3n) is 3.19. The monoisotopic (exact) mass is 259 g/mol. The first-order valence-corrected chi connectivity index (χ1v) is 6.45. The highest BCUT2D eigenvalue weighted by Crippen LogP contribution is 2.15. The van der Waals surface area contributed by atoms with Gasteiger partial charge in [0.2, 0.25) is 0 Å². The summed E-state index contributed by atoms with van der Waals surface area (Å²) in [5.74, 6) is -0.302. The molecule has 19 heavy (non-hydrogen) atoms. The molecule has 2 aromatic rings. The Labute approximate surface area is 112 Å². The lowest BCUT2D eigenvalue weighted by atomic mass is 10.1. The van der Waals surface area contributed by atoms with Crippen LogP contribution in [-0.4, -0.2) is 9.97 Å². The summed E-state index contributed by atoms with van der Waals surface area (Å²) < 4.78 is 12.9. The van der Waals surface area contributed by atoms with Crippen molar-refractivity contribution in [2.45, 2.75) is 32.9 Å². The van der Waals surface area contributed by atoms with Gasteiger partial charge in [-0.05, 0) is 42.7 Å². The zero-order valence-corrected chi connectivity index (χ0v) is 11.2. The van der Waals surface area contributed by atoms with Crippen LogP contribution in [0.5, 0.6) is 0 Å². The first-order valence-electron chi connectivity index (χ1n) is 6.45. The molecule has 4 heteroatoms. The van der Waals surface area contributed by atoms with Crippen LogP contribution in [0.1, 0.15) is 36.2 Å². The van der Waals surface area contributed by atoms with Gasteiger partial charge in [0.25, 0.3) is 0 Å². The van der Waals surface area contributed by atoms with Gasteiger partial charge in [0.05, 0.1) is 11.9 Å². The standard InChI is InChI=1S/C15H18FN3/c1-3-14(15-5-4-13(16)10-19-15)18-9-12-6-7-17-8-11(12)2/h4-8,10,14,18H,3,9H2,1-2H3. The van der Waals surface area contributed by atoms with Gasteiger partial charge in [-0.1, -0.05) is 6.92 Å². The van der Waals surface area contributed by atoms with E-state index in [4.69, 9.17) is 0 Å². The Morgan fingerprint density at radius 1 is 1.26 bits per heavy atom. The quantitative estimate of drug-likeness (QED) is 0.896. The fourth-order valence-corrected chi connectivity index (χ4v) is 1.99. The minimum atomic E-state index is -0.302. The smallest absolute Gasteiger partial charge is 0.141 e. The van der Waals surface area contributed by atoms with Crippen LogP contribution >= 0.6 is 0 Å². The molecule has 0 radical (unpaired) electrons. The van der Waals surface area contributed by atoms with Crippen molar-refractivity contribution in [3.8, 4) is 0 Å². The third kappa shape index (κ3) is 3.58. The van der Waals surface area contributed by atoms with Gasteiger partial charge in [-0.25, -0.2) is 4.39 Å². The van der Waals surface area contributed by atoms with Crippen molar-refractivity contribution in [3.05, 3.63) is 59.4 Å². The molecule has 0 bridgehead atoms. The molecule has 2 heterocycles. The number of hydrogen-bond acceptors (Lipinski definition) is 3. The minimum absolute atomic E-state index is 0.133. The molecule has 0 fully saturated rings. The van der Waals surface area contributed by atoms with E-state index in [2.05, 4.69) is 22.2 Å². The Bertz CT molecular complexity index is 525. The van der Waals surface area contributed by atoms with Gasteiger partial charge in [0, 0.05) is 25.0 Å². The lowest BCUT2D eigenvalue weighted by Gasteiger charge is -2.17. The molecule has 0 aliphatic heterocycles. The van der Waals surface area contributed by atoms with E-state index in [0.717, 1.165) is 24.2 Å². The second kappa shape index (κ2) is 6.38. The second-order valence-electron chi connectivity index (χ2n) is 4.55. The maximum atomic E-state index is 12.9. The van der Waals surface area contributed by atoms with Crippen molar-refractivity contribution >= 4 is 0 Å². The average Bonchev–Trinajstić information content (AvgIpc) is 2.43. The van der Waals surface area contributed by atoms with Crippen LogP contribution in [0.2, 0.25) is 0 Å². The molecule has 0 aliphatic carbocycles. The molecule has 0 amide bonds. The molecule has 0 aromatic carbocycles. The van der Waals surface area contributed by atoms with Gasteiger partial charge in [-0.15, -0.1) is 0 Å². The van der Waals surface area contributed by atoms with Crippen molar-refractivity contribution in [1.29, 1.82) is 0 Å². The number of nitrogens with one attached hydrogen (secondary N) is 1. The Balaban J connectivity index is 2.04. The average molecular weight is 259 g/mol. The zero-order chi connectivity index (χ0) is 13.7.